The molecule has 2 saturated heterocycles. The van der Waals surface area contributed by atoms with Crippen molar-refractivity contribution < 1.29 is 4.79 Å². The molecule has 0 aliphatic carbocycles. The molecule has 5 nitrogen and oxygen atoms in total. The number of aryl methyl sites for hydroxylation is 1. The Morgan fingerprint density at radius 1 is 1.17 bits per heavy atom. The summed E-state index contributed by atoms with van der Waals surface area (Å²) in [7, 11) is 0. The molecule has 3 atom stereocenters. The van der Waals surface area contributed by atoms with E-state index in [0.29, 0.717) is 35.1 Å². The number of thiophene rings is 1. The number of carbonyl (C=O) groups excluding carboxylic acids is 1. The zero-order chi connectivity index (χ0) is 20.7. The summed E-state index contributed by atoms with van der Waals surface area (Å²) in [5, 5.41) is 7.59. The van der Waals surface area contributed by atoms with Crippen molar-refractivity contribution in [3.05, 3.63) is 58.1 Å². The molecule has 156 valence electrons. The van der Waals surface area contributed by atoms with Gasteiger partial charge in [-0.15, -0.1) is 11.3 Å². The summed E-state index contributed by atoms with van der Waals surface area (Å²) in [5.41, 5.74) is 10.4. The molecular weight excluding hydrogens is 392 g/mol. The molecule has 6 heteroatoms. The Balaban J connectivity index is 1.18. The first kappa shape index (κ1) is 19.5. The lowest BCUT2D eigenvalue weighted by atomic mass is 9.86. The average Bonchev–Trinajstić information content (AvgIpc) is 3.26. The van der Waals surface area contributed by atoms with Crippen LogP contribution in [0.2, 0.25) is 0 Å². The van der Waals surface area contributed by atoms with Crippen LogP contribution >= 0.6 is 11.3 Å². The Labute approximate surface area is 181 Å². The third kappa shape index (κ3) is 3.82. The predicted molar refractivity (Wildman–Crippen MR) is 123 cm³/mol. The number of nitrogens with two attached hydrogens (primary N) is 1. The Morgan fingerprint density at radius 2 is 1.90 bits per heavy atom. The molecular formula is C24H28N4OS. The minimum atomic E-state index is -0.116. The summed E-state index contributed by atoms with van der Waals surface area (Å²) in [5.74, 6) is 0.570. The molecule has 30 heavy (non-hydrogen) atoms. The fourth-order valence-corrected chi connectivity index (χ4v) is 6.00. The lowest BCUT2D eigenvalue weighted by molar-refractivity contribution is 0.0959. The summed E-state index contributed by atoms with van der Waals surface area (Å²) in [6.07, 6.45) is 6.00. The van der Waals surface area contributed by atoms with E-state index in [9.17, 15) is 4.79 Å². The van der Waals surface area contributed by atoms with Gasteiger partial charge in [-0.1, -0.05) is 24.3 Å². The van der Waals surface area contributed by atoms with Gasteiger partial charge in [0.1, 0.15) is 9.71 Å². The molecule has 4 N–H and O–H groups in total. The molecule has 0 saturated carbocycles. The molecule has 2 aliphatic heterocycles. The topological polar surface area (TPSA) is 80.0 Å². The number of pyridine rings is 1. The number of fused-ring (bicyclic) bond motifs is 3. The van der Waals surface area contributed by atoms with Crippen molar-refractivity contribution in [3.8, 4) is 0 Å². The largest absolute Gasteiger partial charge is 0.397 e. The van der Waals surface area contributed by atoms with Crippen molar-refractivity contribution in [2.75, 3.05) is 12.3 Å². The van der Waals surface area contributed by atoms with Crippen LogP contribution in [0.3, 0.4) is 0 Å². The van der Waals surface area contributed by atoms with E-state index in [1.54, 1.807) is 0 Å². The molecule has 2 aliphatic rings. The summed E-state index contributed by atoms with van der Waals surface area (Å²) in [4.78, 5) is 18.5. The fourth-order valence-electron chi connectivity index (χ4n) is 4.94. The van der Waals surface area contributed by atoms with Gasteiger partial charge in [0.15, 0.2) is 0 Å². The van der Waals surface area contributed by atoms with Crippen LogP contribution in [0.5, 0.6) is 0 Å². The van der Waals surface area contributed by atoms with Crippen molar-refractivity contribution in [3.63, 3.8) is 0 Å². The molecule has 5 rings (SSSR count). The van der Waals surface area contributed by atoms with Gasteiger partial charge >= 0.3 is 0 Å². The number of hydrogen-bond donors (Lipinski definition) is 3. The number of benzene rings is 1. The second kappa shape index (κ2) is 8.00. The van der Waals surface area contributed by atoms with Gasteiger partial charge in [0, 0.05) is 29.7 Å². The van der Waals surface area contributed by atoms with Gasteiger partial charge in [-0.05, 0) is 68.2 Å². The molecule has 4 heterocycles. The van der Waals surface area contributed by atoms with Crippen LogP contribution in [0.1, 0.15) is 58.1 Å². The zero-order valence-corrected chi connectivity index (χ0v) is 18.1. The van der Waals surface area contributed by atoms with E-state index < -0.39 is 0 Å². The van der Waals surface area contributed by atoms with Crippen molar-refractivity contribution in [2.45, 2.75) is 57.0 Å². The zero-order valence-electron chi connectivity index (χ0n) is 17.3. The average molecular weight is 421 g/mol. The smallest absolute Gasteiger partial charge is 0.263 e. The number of rotatable bonds is 5. The quantitative estimate of drug-likeness (QED) is 0.579. The van der Waals surface area contributed by atoms with Gasteiger partial charge < -0.3 is 16.4 Å². The summed E-state index contributed by atoms with van der Waals surface area (Å²) in [6, 6.07) is 14.3. The van der Waals surface area contributed by atoms with Crippen LogP contribution in [-0.4, -0.2) is 29.5 Å². The second-order valence-corrected chi connectivity index (χ2v) is 9.70. The highest BCUT2D eigenvalue weighted by Crippen LogP contribution is 2.37. The molecule has 0 radical (unpaired) electrons. The number of nitrogen functional groups attached to an aromatic ring is 1. The number of carbonyl (C=O) groups is 1. The predicted octanol–water partition coefficient (Wildman–Crippen LogP) is 4.16. The number of nitrogens with one attached hydrogen (secondary N) is 2. The van der Waals surface area contributed by atoms with Crippen molar-refractivity contribution in [1.29, 1.82) is 0 Å². The molecule has 1 aromatic carbocycles. The molecule has 0 unspecified atom stereocenters. The number of hydrogen-bond acceptors (Lipinski definition) is 5. The van der Waals surface area contributed by atoms with E-state index in [2.05, 4.69) is 39.9 Å². The van der Waals surface area contributed by atoms with Crippen LogP contribution in [0.15, 0.2) is 36.4 Å². The molecule has 2 bridgehead atoms. The van der Waals surface area contributed by atoms with Crippen LogP contribution in [-0.2, 0) is 6.42 Å². The lowest BCUT2D eigenvalue weighted by Gasteiger charge is -2.29. The van der Waals surface area contributed by atoms with Crippen LogP contribution in [0, 0.1) is 6.92 Å². The van der Waals surface area contributed by atoms with E-state index in [1.807, 2.05) is 19.1 Å². The van der Waals surface area contributed by atoms with Gasteiger partial charge in [-0.25, -0.2) is 4.98 Å². The highest BCUT2D eigenvalue weighted by atomic mass is 32.1. The Hall–Kier alpha value is -2.44. The second-order valence-electron chi connectivity index (χ2n) is 8.70. The normalized spacial score (nSPS) is 23.0. The molecule has 2 aromatic heterocycles. The number of amides is 1. The van der Waals surface area contributed by atoms with Gasteiger partial charge in [0.05, 0.1) is 5.69 Å². The van der Waals surface area contributed by atoms with E-state index in [1.165, 1.54) is 48.1 Å². The molecule has 0 spiro atoms. The van der Waals surface area contributed by atoms with Crippen molar-refractivity contribution >= 4 is 33.1 Å². The number of anilines is 1. The van der Waals surface area contributed by atoms with Gasteiger partial charge in [0.2, 0.25) is 0 Å². The van der Waals surface area contributed by atoms with Gasteiger partial charge in [-0.3, -0.25) is 4.79 Å². The van der Waals surface area contributed by atoms with Crippen molar-refractivity contribution in [1.82, 2.24) is 15.6 Å². The van der Waals surface area contributed by atoms with Crippen LogP contribution < -0.4 is 16.4 Å². The summed E-state index contributed by atoms with van der Waals surface area (Å²) >= 11 is 1.36. The summed E-state index contributed by atoms with van der Waals surface area (Å²) < 4.78 is 0. The number of aromatic nitrogens is 1. The van der Waals surface area contributed by atoms with Gasteiger partial charge in [-0.2, -0.15) is 0 Å². The third-order valence-corrected chi connectivity index (χ3v) is 7.68. The third-order valence-electron chi connectivity index (χ3n) is 6.56. The van der Waals surface area contributed by atoms with Crippen LogP contribution in [0.25, 0.3) is 10.2 Å². The van der Waals surface area contributed by atoms with Crippen molar-refractivity contribution in [2.24, 2.45) is 0 Å². The molecule has 1 amide bonds. The Kier molecular flexibility index (Phi) is 5.21. The minimum Gasteiger partial charge on any atom is -0.397 e. The maximum absolute atomic E-state index is 12.6. The highest BCUT2D eigenvalue weighted by Gasteiger charge is 2.33. The number of piperidine rings is 1. The maximum atomic E-state index is 12.6. The SMILES string of the molecule is Cc1ccc2c(N)c(C(=O)NCCc3ccc([C@H]4C[C@H]5CC[C@@H](C4)N5)cc3)sc2n1. The Bertz CT molecular complexity index is 1060. The first-order valence-electron chi connectivity index (χ1n) is 10.9. The molecule has 2 fully saturated rings. The van der Waals surface area contributed by atoms with E-state index in [4.69, 9.17) is 5.73 Å². The minimum absolute atomic E-state index is 0.116. The first-order valence-corrected chi connectivity index (χ1v) is 11.7. The monoisotopic (exact) mass is 420 g/mol. The lowest BCUT2D eigenvalue weighted by Crippen LogP contribution is -2.37. The molecule has 3 aromatic rings. The van der Waals surface area contributed by atoms with Gasteiger partial charge in [0.25, 0.3) is 5.91 Å². The maximum Gasteiger partial charge on any atom is 0.263 e. The van der Waals surface area contributed by atoms with E-state index in [-0.39, 0.29) is 5.91 Å². The highest BCUT2D eigenvalue weighted by molar-refractivity contribution is 7.21. The van der Waals surface area contributed by atoms with Crippen LogP contribution in [0.4, 0.5) is 5.69 Å². The first-order chi connectivity index (χ1) is 14.6. The standard InChI is InChI=1S/C24H28N4OS/c1-14-2-9-20-21(25)22(30-24(20)27-14)23(29)26-11-10-15-3-5-16(6-4-15)17-12-18-7-8-19(13-17)28-18/h2-6,9,17-19,28H,7-8,10-13,25H2,1H3,(H,26,29)/t17-,18+,19-. The Morgan fingerprint density at radius 3 is 2.63 bits per heavy atom. The van der Waals surface area contributed by atoms with E-state index in [0.717, 1.165) is 22.3 Å². The fraction of sp³-hybridized carbons (Fsp3) is 0.417. The van der Waals surface area contributed by atoms with E-state index >= 15 is 0 Å². The number of nitrogens with zero attached hydrogens (tertiary/aromatic N) is 1. The summed E-state index contributed by atoms with van der Waals surface area (Å²) in [6.45, 7) is 2.53.